The van der Waals surface area contributed by atoms with E-state index in [-0.39, 0.29) is 5.91 Å². The monoisotopic (exact) mass is 430 g/mol. The van der Waals surface area contributed by atoms with Gasteiger partial charge in [-0.25, -0.2) is 0 Å². The van der Waals surface area contributed by atoms with Crippen molar-refractivity contribution < 1.29 is 4.79 Å². The van der Waals surface area contributed by atoms with E-state index in [1.54, 1.807) is 6.07 Å². The molecule has 0 aliphatic rings. The first kappa shape index (κ1) is 14.3. The maximum Gasteiger partial charge on any atom is 0.256 e. The smallest absolute Gasteiger partial charge is 0.256 e. The van der Waals surface area contributed by atoms with Crippen molar-refractivity contribution in [3.63, 3.8) is 0 Å². The number of hydrogen-bond acceptors (Lipinski definition) is 2. The Morgan fingerprint density at radius 1 is 1.26 bits per heavy atom. The molecule has 0 fully saturated rings. The van der Waals surface area contributed by atoms with Gasteiger partial charge in [-0.2, -0.15) is 0 Å². The minimum Gasteiger partial charge on any atom is -0.399 e. The first-order chi connectivity index (χ1) is 8.97. The number of nitrogens with two attached hydrogens (primary N) is 1. The summed E-state index contributed by atoms with van der Waals surface area (Å²) in [5, 5.41) is 2.89. The fourth-order valence-corrected chi connectivity index (χ4v) is 2.61. The zero-order valence-corrected chi connectivity index (χ0v) is 13.9. The van der Waals surface area contributed by atoms with Crippen molar-refractivity contribution in [1.82, 2.24) is 0 Å². The summed E-state index contributed by atoms with van der Waals surface area (Å²) in [7, 11) is 0. The van der Waals surface area contributed by atoms with E-state index in [1.165, 1.54) is 0 Å². The molecule has 2 aromatic carbocycles. The molecule has 3 nitrogen and oxygen atoms in total. The molecule has 2 rings (SSSR count). The summed E-state index contributed by atoms with van der Waals surface area (Å²) in [6, 6.07) is 11.1. The number of anilines is 2. The maximum absolute atomic E-state index is 12.2. The number of nitrogen functional groups attached to an aromatic ring is 1. The van der Waals surface area contributed by atoms with Gasteiger partial charge in [0.25, 0.3) is 5.91 Å². The third kappa shape index (κ3) is 3.48. The van der Waals surface area contributed by atoms with Gasteiger partial charge in [0.2, 0.25) is 0 Å². The second-order valence-electron chi connectivity index (χ2n) is 4.15. The highest BCUT2D eigenvalue weighted by Crippen LogP contribution is 2.23. The number of halogens is 2. The molecule has 0 aliphatic carbocycles. The molecule has 0 bridgehead atoms. The third-order valence-corrected chi connectivity index (χ3v) is 4.03. The van der Waals surface area contributed by atoms with Gasteiger partial charge < -0.3 is 11.1 Å². The number of amides is 1. The number of rotatable bonds is 2. The third-order valence-electron chi connectivity index (χ3n) is 2.67. The highest BCUT2D eigenvalue weighted by Gasteiger charge is 2.11. The Balaban J connectivity index is 2.28. The van der Waals surface area contributed by atoms with Gasteiger partial charge in [-0.15, -0.1) is 0 Å². The summed E-state index contributed by atoms with van der Waals surface area (Å²) in [5.41, 5.74) is 8.70. The second-order valence-corrected chi connectivity index (χ2v) is 6.25. The van der Waals surface area contributed by atoms with Crippen LogP contribution in [0.15, 0.2) is 40.9 Å². The molecule has 2 aromatic rings. The lowest BCUT2D eigenvalue weighted by Gasteiger charge is -2.10. The van der Waals surface area contributed by atoms with Crippen molar-refractivity contribution in [2.75, 3.05) is 11.1 Å². The molecule has 0 aliphatic heterocycles. The number of nitrogens with one attached hydrogen (secondary N) is 1. The number of benzene rings is 2. The van der Waals surface area contributed by atoms with Crippen LogP contribution in [0.3, 0.4) is 0 Å². The van der Waals surface area contributed by atoms with E-state index in [1.807, 2.05) is 37.3 Å². The molecular weight excluding hydrogens is 419 g/mol. The molecule has 0 spiro atoms. The average molecular weight is 431 g/mol. The van der Waals surface area contributed by atoms with Crippen molar-refractivity contribution in [3.8, 4) is 0 Å². The molecule has 5 heteroatoms. The molecule has 0 heterocycles. The number of hydrogen-bond donors (Lipinski definition) is 2. The van der Waals surface area contributed by atoms with Crippen molar-refractivity contribution in [1.29, 1.82) is 0 Å². The molecule has 0 saturated heterocycles. The molecule has 0 saturated carbocycles. The van der Waals surface area contributed by atoms with Gasteiger partial charge in [-0.1, -0.05) is 0 Å². The predicted molar refractivity (Wildman–Crippen MR) is 90.4 cm³/mol. The lowest BCUT2D eigenvalue weighted by Crippen LogP contribution is -2.13. The predicted octanol–water partition coefficient (Wildman–Crippen LogP) is 4.20. The van der Waals surface area contributed by atoms with Crippen LogP contribution >= 0.6 is 38.5 Å². The molecular formula is C14H12BrIN2O. The van der Waals surface area contributed by atoms with Crippen LogP contribution < -0.4 is 11.1 Å². The maximum atomic E-state index is 12.2. The number of carbonyl (C=O) groups excluding carboxylic acids is 1. The Hall–Kier alpha value is -1.08. The molecule has 0 aromatic heterocycles. The lowest BCUT2D eigenvalue weighted by molar-refractivity contribution is 0.102. The van der Waals surface area contributed by atoms with E-state index in [9.17, 15) is 4.79 Å². The van der Waals surface area contributed by atoms with Crippen LogP contribution in [0.5, 0.6) is 0 Å². The van der Waals surface area contributed by atoms with Crippen LogP contribution in [0.4, 0.5) is 11.4 Å². The minimum atomic E-state index is -0.140. The Morgan fingerprint density at radius 3 is 2.68 bits per heavy atom. The van der Waals surface area contributed by atoms with Crippen LogP contribution in [0.25, 0.3) is 0 Å². The zero-order chi connectivity index (χ0) is 14.0. The first-order valence-corrected chi connectivity index (χ1v) is 7.47. The van der Waals surface area contributed by atoms with E-state index >= 15 is 0 Å². The van der Waals surface area contributed by atoms with E-state index in [2.05, 4.69) is 43.8 Å². The second kappa shape index (κ2) is 5.92. The van der Waals surface area contributed by atoms with Gasteiger partial charge >= 0.3 is 0 Å². The highest BCUT2D eigenvalue weighted by molar-refractivity contribution is 14.1. The van der Waals surface area contributed by atoms with Crippen molar-refractivity contribution in [2.24, 2.45) is 0 Å². The highest BCUT2D eigenvalue weighted by atomic mass is 127. The van der Waals surface area contributed by atoms with Crippen molar-refractivity contribution in [2.45, 2.75) is 6.92 Å². The molecule has 98 valence electrons. The van der Waals surface area contributed by atoms with Gasteiger partial charge in [0.1, 0.15) is 0 Å². The summed E-state index contributed by atoms with van der Waals surface area (Å²) in [6.45, 7) is 1.91. The van der Waals surface area contributed by atoms with Gasteiger partial charge in [-0.05, 0) is 87.4 Å². The summed E-state index contributed by atoms with van der Waals surface area (Å²) in [6.07, 6.45) is 0. The summed E-state index contributed by atoms with van der Waals surface area (Å²) < 4.78 is 1.79. The molecule has 0 radical (unpaired) electrons. The van der Waals surface area contributed by atoms with Crippen LogP contribution in [0.2, 0.25) is 0 Å². The Labute approximate surface area is 133 Å². The van der Waals surface area contributed by atoms with Crippen LogP contribution in [0.1, 0.15) is 15.9 Å². The molecule has 0 atom stereocenters. The normalized spacial score (nSPS) is 10.3. The molecule has 1 amide bonds. The lowest BCUT2D eigenvalue weighted by atomic mass is 10.1. The summed E-state index contributed by atoms with van der Waals surface area (Å²) in [4.78, 5) is 12.2. The van der Waals surface area contributed by atoms with Crippen molar-refractivity contribution >= 4 is 55.8 Å². The van der Waals surface area contributed by atoms with Crippen molar-refractivity contribution in [3.05, 3.63) is 55.6 Å². The largest absolute Gasteiger partial charge is 0.399 e. The Morgan fingerprint density at radius 2 is 2.00 bits per heavy atom. The standard InChI is InChI=1S/C14H12BrIN2O/c1-8-6-10(17)3-5-13(8)18-14(19)11-7-9(16)2-4-12(11)15/h2-7H,17H2,1H3,(H,18,19). The fraction of sp³-hybridized carbons (Fsp3) is 0.0714. The Bertz CT molecular complexity index is 643. The van der Waals surface area contributed by atoms with E-state index < -0.39 is 0 Å². The van der Waals surface area contributed by atoms with Gasteiger partial charge in [0.15, 0.2) is 0 Å². The first-order valence-electron chi connectivity index (χ1n) is 5.60. The average Bonchev–Trinajstić information content (AvgIpc) is 2.35. The SMILES string of the molecule is Cc1cc(N)ccc1NC(=O)c1cc(I)ccc1Br. The van der Waals surface area contributed by atoms with E-state index in [0.29, 0.717) is 11.3 Å². The number of aryl methyl sites for hydroxylation is 1. The van der Waals surface area contributed by atoms with Crippen LogP contribution in [-0.4, -0.2) is 5.91 Å². The topological polar surface area (TPSA) is 55.1 Å². The molecule has 3 N–H and O–H groups in total. The van der Waals surface area contributed by atoms with Gasteiger partial charge in [0, 0.05) is 19.4 Å². The summed E-state index contributed by atoms with van der Waals surface area (Å²) in [5.74, 6) is -0.140. The minimum absolute atomic E-state index is 0.140. The fourth-order valence-electron chi connectivity index (χ4n) is 1.69. The number of carbonyl (C=O) groups is 1. The van der Waals surface area contributed by atoms with E-state index in [4.69, 9.17) is 5.73 Å². The van der Waals surface area contributed by atoms with Crippen LogP contribution in [-0.2, 0) is 0 Å². The summed E-state index contributed by atoms with van der Waals surface area (Å²) >= 11 is 5.57. The van der Waals surface area contributed by atoms with Gasteiger partial charge in [0.05, 0.1) is 5.56 Å². The quantitative estimate of drug-likeness (QED) is 0.554. The van der Waals surface area contributed by atoms with Gasteiger partial charge in [-0.3, -0.25) is 4.79 Å². The Kier molecular flexibility index (Phi) is 4.46. The van der Waals surface area contributed by atoms with Crippen LogP contribution in [0, 0.1) is 10.5 Å². The molecule has 0 unspecified atom stereocenters. The molecule has 19 heavy (non-hydrogen) atoms. The van der Waals surface area contributed by atoms with E-state index in [0.717, 1.165) is 19.3 Å². The zero-order valence-electron chi connectivity index (χ0n) is 10.2.